The van der Waals surface area contributed by atoms with Crippen LogP contribution in [-0.4, -0.2) is 29.3 Å². The van der Waals surface area contributed by atoms with Gasteiger partial charge in [-0.3, -0.25) is 0 Å². The molecule has 0 unspecified atom stereocenters. The Morgan fingerprint density at radius 2 is 2.20 bits per heavy atom. The average molecular weight is 338 g/mol. The van der Waals surface area contributed by atoms with Gasteiger partial charge < -0.3 is 14.6 Å². The third-order valence-corrected chi connectivity index (χ3v) is 3.74. The van der Waals surface area contributed by atoms with Crippen LogP contribution in [0.4, 0.5) is 5.95 Å². The molecule has 0 aliphatic rings. The second-order valence-electron chi connectivity index (χ2n) is 4.45. The molecule has 5 heteroatoms. The number of nitrogens with zero attached hydrogens (tertiary/aromatic N) is 2. The molecule has 0 atom stereocenters. The van der Waals surface area contributed by atoms with E-state index in [9.17, 15) is 0 Å². The predicted octanol–water partition coefficient (Wildman–Crippen LogP) is 3.53. The Balaban J connectivity index is 1.90. The predicted molar refractivity (Wildman–Crippen MR) is 85.1 cm³/mol. The van der Waals surface area contributed by atoms with Crippen molar-refractivity contribution in [3.63, 3.8) is 0 Å². The number of rotatable bonds is 8. The molecule has 2 aromatic rings. The van der Waals surface area contributed by atoms with Crippen LogP contribution in [0, 0.1) is 0 Å². The fraction of sp³-hybridized carbons (Fsp3) is 0.400. The zero-order chi connectivity index (χ0) is 14.2. The van der Waals surface area contributed by atoms with E-state index in [1.807, 2.05) is 31.5 Å². The summed E-state index contributed by atoms with van der Waals surface area (Å²) < 4.78 is 8.55. The topological polar surface area (TPSA) is 39.1 Å². The van der Waals surface area contributed by atoms with Crippen molar-refractivity contribution >= 4 is 21.9 Å². The first-order valence-electron chi connectivity index (χ1n) is 6.87. The van der Waals surface area contributed by atoms with E-state index in [0.717, 1.165) is 43.1 Å². The van der Waals surface area contributed by atoms with Crippen LogP contribution >= 0.6 is 15.9 Å². The summed E-state index contributed by atoms with van der Waals surface area (Å²) in [4.78, 5) is 4.36. The van der Waals surface area contributed by atoms with Gasteiger partial charge in [0.25, 0.3) is 0 Å². The van der Waals surface area contributed by atoms with E-state index < -0.39 is 0 Å². The summed E-state index contributed by atoms with van der Waals surface area (Å²) in [6, 6.07) is 8.24. The summed E-state index contributed by atoms with van der Waals surface area (Å²) in [7, 11) is 0. The Hall–Kier alpha value is -1.33. The normalized spacial score (nSPS) is 10.7. The van der Waals surface area contributed by atoms with Gasteiger partial charge in [0, 0.05) is 36.6 Å². The minimum Gasteiger partial charge on any atom is -0.382 e. The van der Waals surface area contributed by atoms with Gasteiger partial charge in [-0.15, -0.1) is 0 Å². The number of benzene rings is 1. The Morgan fingerprint density at radius 3 is 3.00 bits per heavy atom. The van der Waals surface area contributed by atoms with E-state index in [-0.39, 0.29) is 0 Å². The van der Waals surface area contributed by atoms with Crippen LogP contribution in [0.15, 0.2) is 41.1 Å². The standard InChI is InChI=1S/C15H20BrN3O/c1-2-20-11-5-8-17-15-18-9-10-19(15)12-13-6-3-4-7-14(13)16/h3-4,6-7,9-10H,2,5,8,11-12H2,1H3,(H,17,18). The van der Waals surface area contributed by atoms with Gasteiger partial charge in [0.15, 0.2) is 0 Å². The third-order valence-electron chi connectivity index (χ3n) is 2.97. The first-order valence-corrected chi connectivity index (χ1v) is 7.66. The van der Waals surface area contributed by atoms with Crippen LogP contribution in [0.2, 0.25) is 0 Å². The summed E-state index contributed by atoms with van der Waals surface area (Å²) in [6.07, 6.45) is 4.79. The van der Waals surface area contributed by atoms with Crippen molar-refractivity contribution in [3.05, 3.63) is 46.7 Å². The summed E-state index contributed by atoms with van der Waals surface area (Å²) in [6.45, 7) is 5.24. The molecular formula is C15H20BrN3O. The fourth-order valence-electron chi connectivity index (χ4n) is 1.93. The SMILES string of the molecule is CCOCCCNc1nccn1Cc1ccccc1Br. The quantitative estimate of drug-likeness (QED) is 0.749. The summed E-state index contributed by atoms with van der Waals surface area (Å²) in [5, 5.41) is 3.35. The van der Waals surface area contributed by atoms with Gasteiger partial charge in [0.1, 0.15) is 0 Å². The van der Waals surface area contributed by atoms with Gasteiger partial charge in [0.2, 0.25) is 5.95 Å². The molecule has 1 aromatic heterocycles. The Morgan fingerprint density at radius 1 is 1.35 bits per heavy atom. The van der Waals surface area contributed by atoms with Crippen molar-refractivity contribution in [3.8, 4) is 0 Å². The summed E-state index contributed by atoms with van der Waals surface area (Å²) in [5.74, 6) is 0.900. The largest absolute Gasteiger partial charge is 0.382 e. The molecule has 1 aromatic carbocycles. The van der Waals surface area contributed by atoms with Crippen molar-refractivity contribution in [1.82, 2.24) is 9.55 Å². The van der Waals surface area contributed by atoms with Gasteiger partial charge in [-0.25, -0.2) is 4.98 Å². The highest BCUT2D eigenvalue weighted by Gasteiger charge is 2.05. The molecule has 1 heterocycles. The molecule has 1 N–H and O–H groups in total. The van der Waals surface area contributed by atoms with Crippen LogP contribution in [0.25, 0.3) is 0 Å². The molecule has 108 valence electrons. The molecule has 0 spiro atoms. The lowest BCUT2D eigenvalue weighted by atomic mass is 10.2. The zero-order valence-corrected chi connectivity index (χ0v) is 13.3. The smallest absolute Gasteiger partial charge is 0.203 e. The minimum absolute atomic E-state index is 0.774. The molecule has 20 heavy (non-hydrogen) atoms. The molecule has 4 nitrogen and oxygen atoms in total. The number of ether oxygens (including phenoxy) is 1. The van der Waals surface area contributed by atoms with Crippen LogP contribution in [0.1, 0.15) is 18.9 Å². The molecular weight excluding hydrogens is 318 g/mol. The van der Waals surface area contributed by atoms with Crippen LogP contribution < -0.4 is 5.32 Å². The average Bonchev–Trinajstić information content (AvgIpc) is 2.89. The number of hydrogen-bond donors (Lipinski definition) is 1. The number of hydrogen-bond acceptors (Lipinski definition) is 3. The molecule has 0 saturated carbocycles. The number of anilines is 1. The van der Waals surface area contributed by atoms with Gasteiger partial charge in [-0.2, -0.15) is 0 Å². The molecule has 0 saturated heterocycles. The van der Waals surface area contributed by atoms with Crippen molar-refractivity contribution in [1.29, 1.82) is 0 Å². The van der Waals surface area contributed by atoms with E-state index in [1.165, 1.54) is 5.56 Å². The highest BCUT2D eigenvalue weighted by molar-refractivity contribution is 9.10. The van der Waals surface area contributed by atoms with E-state index >= 15 is 0 Å². The lowest BCUT2D eigenvalue weighted by Crippen LogP contribution is -2.11. The van der Waals surface area contributed by atoms with Crippen molar-refractivity contribution in [2.24, 2.45) is 0 Å². The van der Waals surface area contributed by atoms with Crippen LogP contribution in [0.5, 0.6) is 0 Å². The van der Waals surface area contributed by atoms with E-state index in [4.69, 9.17) is 4.74 Å². The van der Waals surface area contributed by atoms with Gasteiger partial charge in [0.05, 0.1) is 6.54 Å². The number of imidazole rings is 1. The first kappa shape index (κ1) is 15.1. The number of aromatic nitrogens is 2. The second-order valence-corrected chi connectivity index (χ2v) is 5.30. The molecule has 0 bridgehead atoms. The zero-order valence-electron chi connectivity index (χ0n) is 11.7. The van der Waals surface area contributed by atoms with Crippen LogP contribution in [-0.2, 0) is 11.3 Å². The maximum Gasteiger partial charge on any atom is 0.203 e. The van der Waals surface area contributed by atoms with E-state index in [2.05, 4.69) is 42.9 Å². The van der Waals surface area contributed by atoms with E-state index in [0.29, 0.717) is 0 Å². The Bertz CT molecular complexity index is 527. The summed E-state index contributed by atoms with van der Waals surface area (Å²) >= 11 is 3.58. The molecule has 0 radical (unpaired) electrons. The van der Waals surface area contributed by atoms with Crippen molar-refractivity contribution < 1.29 is 4.74 Å². The Labute approximate surface area is 128 Å². The maximum atomic E-state index is 5.32. The number of nitrogens with one attached hydrogen (secondary N) is 1. The minimum atomic E-state index is 0.774. The van der Waals surface area contributed by atoms with E-state index in [1.54, 1.807) is 0 Å². The lowest BCUT2D eigenvalue weighted by Gasteiger charge is -2.11. The second kappa shape index (κ2) is 8.07. The number of halogens is 1. The first-order chi connectivity index (χ1) is 9.81. The van der Waals surface area contributed by atoms with Gasteiger partial charge in [-0.05, 0) is 25.0 Å². The lowest BCUT2D eigenvalue weighted by molar-refractivity contribution is 0.147. The monoisotopic (exact) mass is 337 g/mol. The summed E-state index contributed by atoms with van der Waals surface area (Å²) in [5.41, 5.74) is 1.24. The van der Waals surface area contributed by atoms with Crippen LogP contribution in [0.3, 0.4) is 0 Å². The molecule has 0 amide bonds. The Kier molecular flexibility index (Phi) is 6.08. The fourth-order valence-corrected chi connectivity index (χ4v) is 2.34. The highest BCUT2D eigenvalue weighted by atomic mass is 79.9. The molecule has 0 aliphatic heterocycles. The molecule has 0 aliphatic carbocycles. The van der Waals surface area contributed by atoms with Gasteiger partial charge in [-0.1, -0.05) is 34.1 Å². The van der Waals surface area contributed by atoms with Crippen molar-refractivity contribution in [2.45, 2.75) is 19.9 Å². The highest BCUT2D eigenvalue weighted by Crippen LogP contribution is 2.18. The van der Waals surface area contributed by atoms with Crippen molar-refractivity contribution in [2.75, 3.05) is 25.1 Å². The maximum absolute atomic E-state index is 5.32. The van der Waals surface area contributed by atoms with Gasteiger partial charge >= 0.3 is 0 Å². The molecule has 0 fully saturated rings. The molecule has 2 rings (SSSR count). The third kappa shape index (κ3) is 4.35.